The van der Waals surface area contributed by atoms with Crippen LogP contribution in [0.4, 0.5) is 5.69 Å². The van der Waals surface area contributed by atoms with Crippen molar-refractivity contribution in [2.45, 2.75) is 57.5 Å². The van der Waals surface area contributed by atoms with Crippen LogP contribution in [0.3, 0.4) is 0 Å². The second kappa shape index (κ2) is 17.0. The zero-order chi connectivity index (χ0) is 33.8. The standard InChI is InChI=1S/C37H42ClN3O5S/c1-4-6-24-39-37(43)35(25-29-12-8-7-9-13-29)40(26-30-14-10-11-15-34(30)38)36(42)27-41(31-18-16-28(3)17-19-31)47(44,45)33-22-20-32(21-23-33)46-5-2/h7-23,35H,4-6,24-27H2,1-3H3,(H,39,43)/t35-/m1/s1. The van der Waals surface area contributed by atoms with Crippen LogP contribution in [0.25, 0.3) is 0 Å². The van der Waals surface area contributed by atoms with Gasteiger partial charge in [0, 0.05) is 24.5 Å². The number of unbranched alkanes of at least 4 members (excludes halogenated alkanes) is 1. The number of nitrogens with one attached hydrogen (secondary N) is 1. The van der Waals surface area contributed by atoms with Gasteiger partial charge in [0.2, 0.25) is 11.8 Å². The molecule has 4 rings (SSSR count). The Labute approximate surface area is 283 Å². The van der Waals surface area contributed by atoms with Crippen LogP contribution in [-0.2, 0) is 32.6 Å². The average molecular weight is 676 g/mol. The summed E-state index contributed by atoms with van der Waals surface area (Å²) in [5.74, 6) is -0.335. The lowest BCUT2D eigenvalue weighted by Gasteiger charge is -2.34. The molecule has 0 aliphatic rings. The molecule has 0 fully saturated rings. The molecule has 0 spiro atoms. The van der Waals surface area contributed by atoms with Gasteiger partial charge in [-0.05, 0) is 73.9 Å². The van der Waals surface area contributed by atoms with Gasteiger partial charge >= 0.3 is 0 Å². The minimum absolute atomic E-state index is 0.00203. The summed E-state index contributed by atoms with van der Waals surface area (Å²) in [5, 5.41) is 3.43. The number of nitrogens with zero attached hydrogens (tertiary/aromatic N) is 2. The molecule has 2 amide bonds. The van der Waals surface area contributed by atoms with Crippen molar-refractivity contribution in [3.8, 4) is 5.75 Å². The smallest absolute Gasteiger partial charge is 0.264 e. The van der Waals surface area contributed by atoms with Crippen molar-refractivity contribution in [2.75, 3.05) is 24.0 Å². The summed E-state index contributed by atoms with van der Waals surface area (Å²) >= 11 is 6.57. The van der Waals surface area contributed by atoms with E-state index >= 15 is 0 Å². The molecular weight excluding hydrogens is 634 g/mol. The molecule has 4 aromatic carbocycles. The van der Waals surface area contributed by atoms with E-state index in [0.717, 1.165) is 28.3 Å². The maximum Gasteiger partial charge on any atom is 0.264 e. The third-order valence-corrected chi connectivity index (χ3v) is 9.88. The first-order chi connectivity index (χ1) is 22.6. The third-order valence-electron chi connectivity index (χ3n) is 7.72. The normalized spacial score (nSPS) is 11.8. The van der Waals surface area contributed by atoms with Gasteiger partial charge in [-0.15, -0.1) is 0 Å². The van der Waals surface area contributed by atoms with Crippen LogP contribution < -0.4 is 14.4 Å². The molecule has 1 N–H and O–H groups in total. The monoisotopic (exact) mass is 675 g/mol. The Morgan fingerprint density at radius 1 is 0.872 bits per heavy atom. The molecular formula is C37H42ClN3O5S. The fraction of sp³-hybridized carbons (Fsp3) is 0.297. The van der Waals surface area contributed by atoms with Crippen LogP contribution in [-0.4, -0.2) is 50.9 Å². The van der Waals surface area contributed by atoms with E-state index in [2.05, 4.69) is 5.32 Å². The summed E-state index contributed by atoms with van der Waals surface area (Å²) < 4.78 is 35.1. The minimum atomic E-state index is -4.23. The Bertz CT molecular complexity index is 1720. The quantitative estimate of drug-likeness (QED) is 0.132. The highest BCUT2D eigenvalue weighted by atomic mass is 35.5. The molecule has 0 aliphatic heterocycles. The first-order valence-electron chi connectivity index (χ1n) is 15.8. The van der Waals surface area contributed by atoms with E-state index < -0.39 is 28.5 Å². The van der Waals surface area contributed by atoms with Crippen LogP contribution in [0, 0.1) is 6.92 Å². The number of benzene rings is 4. The number of aryl methyl sites for hydroxylation is 1. The van der Waals surface area contributed by atoms with Gasteiger partial charge in [0.25, 0.3) is 10.0 Å². The lowest BCUT2D eigenvalue weighted by molar-refractivity contribution is -0.140. The summed E-state index contributed by atoms with van der Waals surface area (Å²) in [5.41, 5.74) is 2.75. The largest absolute Gasteiger partial charge is 0.494 e. The predicted octanol–water partition coefficient (Wildman–Crippen LogP) is 6.80. The van der Waals surface area contributed by atoms with E-state index in [9.17, 15) is 18.0 Å². The maximum absolute atomic E-state index is 14.6. The molecule has 8 nitrogen and oxygen atoms in total. The minimum Gasteiger partial charge on any atom is -0.494 e. The number of hydrogen-bond donors (Lipinski definition) is 1. The zero-order valence-electron chi connectivity index (χ0n) is 27.1. The van der Waals surface area contributed by atoms with E-state index in [1.165, 1.54) is 17.0 Å². The Morgan fingerprint density at radius 2 is 1.53 bits per heavy atom. The molecule has 0 aromatic heterocycles. The third kappa shape index (κ3) is 9.59. The number of sulfonamides is 1. The Balaban J connectivity index is 1.78. The molecule has 4 aromatic rings. The Kier molecular flexibility index (Phi) is 12.8. The van der Waals surface area contributed by atoms with Crippen LogP contribution in [0.15, 0.2) is 108 Å². The van der Waals surface area contributed by atoms with Crippen LogP contribution in [0.2, 0.25) is 5.02 Å². The first kappa shape index (κ1) is 35.5. The fourth-order valence-electron chi connectivity index (χ4n) is 5.11. The van der Waals surface area contributed by atoms with Crippen molar-refractivity contribution in [3.63, 3.8) is 0 Å². The number of anilines is 1. The summed E-state index contributed by atoms with van der Waals surface area (Å²) in [6, 6.07) is 28.7. The van der Waals surface area contributed by atoms with Crippen molar-refractivity contribution < 1.29 is 22.7 Å². The molecule has 248 valence electrons. The highest BCUT2D eigenvalue weighted by Gasteiger charge is 2.35. The van der Waals surface area contributed by atoms with Gasteiger partial charge < -0.3 is 15.0 Å². The van der Waals surface area contributed by atoms with Crippen molar-refractivity contribution in [1.82, 2.24) is 10.2 Å². The van der Waals surface area contributed by atoms with Crippen molar-refractivity contribution >= 4 is 39.1 Å². The fourth-order valence-corrected chi connectivity index (χ4v) is 6.72. The Morgan fingerprint density at radius 3 is 2.17 bits per heavy atom. The Hall–Kier alpha value is -4.34. The number of halogens is 1. The number of carbonyl (C=O) groups is 2. The van der Waals surface area contributed by atoms with E-state index in [-0.39, 0.29) is 23.8 Å². The van der Waals surface area contributed by atoms with Gasteiger partial charge in [-0.25, -0.2) is 8.42 Å². The van der Waals surface area contributed by atoms with E-state index in [1.54, 1.807) is 54.6 Å². The number of rotatable bonds is 16. The van der Waals surface area contributed by atoms with Gasteiger partial charge in [0.05, 0.1) is 17.2 Å². The summed E-state index contributed by atoms with van der Waals surface area (Å²) in [6.45, 7) is 6.13. The van der Waals surface area contributed by atoms with Crippen molar-refractivity contribution in [1.29, 1.82) is 0 Å². The average Bonchev–Trinajstić information content (AvgIpc) is 3.07. The topological polar surface area (TPSA) is 96.0 Å². The van der Waals surface area contributed by atoms with Gasteiger partial charge in [0.15, 0.2) is 0 Å². The lowest BCUT2D eigenvalue weighted by Crippen LogP contribution is -2.53. The molecule has 47 heavy (non-hydrogen) atoms. The first-order valence-corrected chi connectivity index (χ1v) is 17.6. The van der Waals surface area contributed by atoms with Gasteiger partial charge in [-0.3, -0.25) is 13.9 Å². The van der Waals surface area contributed by atoms with Gasteiger partial charge in [-0.1, -0.05) is 91.2 Å². The van der Waals surface area contributed by atoms with Crippen molar-refractivity contribution in [2.24, 2.45) is 0 Å². The molecule has 1 atom stereocenters. The van der Waals surface area contributed by atoms with E-state index in [4.69, 9.17) is 16.3 Å². The highest BCUT2D eigenvalue weighted by Crippen LogP contribution is 2.27. The number of carbonyl (C=O) groups excluding carboxylic acids is 2. The molecule has 0 saturated carbocycles. The summed E-state index contributed by atoms with van der Waals surface area (Å²) in [6.07, 6.45) is 1.90. The second-order valence-corrected chi connectivity index (χ2v) is 13.5. The highest BCUT2D eigenvalue weighted by molar-refractivity contribution is 7.92. The van der Waals surface area contributed by atoms with E-state index in [0.29, 0.717) is 35.2 Å². The number of ether oxygens (including phenoxy) is 1. The van der Waals surface area contributed by atoms with Gasteiger partial charge in [0.1, 0.15) is 18.3 Å². The molecule has 0 saturated heterocycles. The zero-order valence-corrected chi connectivity index (χ0v) is 28.6. The number of amides is 2. The van der Waals surface area contributed by atoms with Crippen molar-refractivity contribution in [3.05, 3.63) is 125 Å². The summed E-state index contributed by atoms with van der Waals surface area (Å²) in [7, 11) is -4.23. The SMILES string of the molecule is CCCCNC(=O)[C@@H](Cc1ccccc1)N(Cc1ccccc1Cl)C(=O)CN(c1ccc(C)cc1)S(=O)(=O)c1ccc(OCC)cc1. The molecule has 0 heterocycles. The number of hydrogen-bond acceptors (Lipinski definition) is 5. The van der Waals surface area contributed by atoms with E-state index in [1.807, 2.05) is 57.2 Å². The molecule has 0 radical (unpaired) electrons. The molecule has 10 heteroatoms. The van der Waals surface area contributed by atoms with Crippen LogP contribution >= 0.6 is 11.6 Å². The van der Waals surface area contributed by atoms with Crippen LogP contribution in [0.5, 0.6) is 5.75 Å². The maximum atomic E-state index is 14.6. The second-order valence-electron chi connectivity index (χ2n) is 11.2. The molecule has 0 aliphatic carbocycles. The lowest BCUT2D eigenvalue weighted by atomic mass is 10.0. The van der Waals surface area contributed by atoms with Crippen LogP contribution in [0.1, 0.15) is 43.4 Å². The summed E-state index contributed by atoms with van der Waals surface area (Å²) in [4.78, 5) is 29.9. The molecule has 0 unspecified atom stereocenters. The van der Waals surface area contributed by atoms with Gasteiger partial charge in [-0.2, -0.15) is 0 Å². The predicted molar refractivity (Wildman–Crippen MR) is 187 cm³/mol. The molecule has 0 bridgehead atoms.